The third kappa shape index (κ3) is 4.55. The first kappa shape index (κ1) is 12.0. The van der Waals surface area contributed by atoms with Crippen molar-refractivity contribution in [1.29, 1.82) is 0 Å². The van der Waals surface area contributed by atoms with Crippen LogP contribution in [0.5, 0.6) is 0 Å². The summed E-state index contributed by atoms with van der Waals surface area (Å²) >= 11 is 4.91. The SMILES string of the molecule is CN1CCN(CC[S-])CC1.[Au+]. The van der Waals surface area contributed by atoms with E-state index in [9.17, 15) is 0 Å². The van der Waals surface area contributed by atoms with E-state index in [4.69, 9.17) is 12.6 Å². The zero-order chi connectivity index (χ0) is 7.40. The second-order valence-electron chi connectivity index (χ2n) is 2.85. The smallest absolute Gasteiger partial charge is 0.791 e. The summed E-state index contributed by atoms with van der Waals surface area (Å²) in [6, 6.07) is 0. The topological polar surface area (TPSA) is 6.48 Å². The van der Waals surface area contributed by atoms with E-state index in [0.717, 1.165) is 12.3 Å². The molecule has 0 unspecified atom stereocenters. The summed E-state index contributed by atoms with van der Waals surface area (Å²) < 4.78 is 0. The predicted octanol–water partition coefficient (Wildman–Crippen LogP) is -0.222. The molecule has 2 nitrogen and oxygen atoms in total. The molecule has 1 saturated heterocycles. The van der Waals surface area contributed by atoms with Gasteiger partial charge < -0.3 is 22.4 Å². The van der Waals surface area contributed by atoms with Gasteiger partial charge in [-0.3, -0.25) is 0 Å². The first-order chi connectivity index (χ1) is 4.83. The Kier molecular flexibility index (Phi) is 7.12. The van der Waals surface area contributed by atoms with Gasteiger partial charge in [-0.2, -0.15) is 5.75 Å². The molecule has 0 aromatic carbocycles. The molecule has 0 amide bonds. The molecule has 1 aliphatic rings. The van der Waals surface area contributed by atoms with Crippen LogP contribution in [0.4, 0.5) is 0 Å². The Bertz CT molecular complexity index is 94.4. The maximum Gasteiger partial charge on any atom is 1.00 e. The Morgan fingerprint density at radius 2 is 1.73 bits per heavy atom. The summed E-state index contributed by atoms with van der Waals surface area (Å²) in [5.41, 5.74) is 0. The van der Waals surface area contributed by atoms with Crippen LogP contribution in [0.15, 0.2) is 0 Å². The maximum atomic E-state index is 4.91. The zero-order valence-electron chi connectivity index (χ0n) is 6.85. The fourth-order valence-corrected chi connectivity index (χ4v) is 1.46. The third-order valence-corrected chi connectivity index (χ3v) is 2.19. The largest absolute Gasteiger partial charge is 1.00 e. The average molecular weight is 356 g/mol. The van der Waals surface area contributed by atoms with Gasteiger partial charge in [0.05, 0.1) is 0 Å². The minimum Gasteiger partial charge on any atom is -0.791 e. The number of piperazine rings is 1. The zero-order valence-corrected chi connectivity index (χ0v) is 9.83. The van der Waals surface area contributed by atoms with Gasteiger partial charge in [-0.25, -0.2) is 0 Å². The molecular formula is C7H15AuN2S. The van der Waals surface area contributed by atoms with Gasteiger partial charge in [0.25, 0.3) is 0 Å². The minimum absolute atomic E-state index is 0. The first-order valence-electron chi connectivity index (χ1n) is 3.82. The van der Waals surface area contributed by atoms with Crippen LogP contribution in [0.3, 0.4) is 0 Å². The Balaban J connectivity index is 0.000001000. The number of hydrogen-bond donors (Lipinski definition) is 0. The molecule has 11 heavy (non-hydrogen) atoms. The van der Waals surface area contributed by atoms with Crippen LogP contribution in [-0.4, -0.2) is 55.3 Å². The van der Waals surface area contributed by atoms with Gasteiger partial charge in [0, 0.05) is 26.2 Å². The Morgan fingerprint density at radius 3 is 2.18 bits per heavy atom. The normalized spacial score (nSPS) is 21.3. The van der Waals surface area contributed by atoms with Gasteiger partial charge in [-0.1, -0.05) is 0 Å². The molecule has 0 bridgehead atoms. The fourth-order valence-electron chi connectivity index (χ4n) is 1.20. The molecule has 1 aliphatic heterocycles. The Morgan fingerprint density at radius 1 is 1.18 bits per heavy atom. The molecule has 4 heteroatoms. The van der Waals surface area contributed by atoms with Gasteiger partial charge in [0.1, 0.15) is 0 Å². The van der Waals surface area contributed by atoms with Crippen LogP contribution in [0, 0.1) is 0 Å². The first-order valence-corrected chi connectivity index (χ1v) is 4.39. The molecule has 0 radical (unpaired) electrons. The van der Waals surface area contributed by atoms with E-state index in [-0.39, 0.29) is 22.4 Å². The third-order valence-electron chi connectivity index (χ3n) is 2.00. The van der Waals surface area contributed by atoms with E-state index in [1.54, 1.807) is 0 Å². The molecular weight excluding hydrogens is 341 g/mol. The molecule has 0 atom stereocenters. The molecule has 1 fully saturated rings. The van der Waals surface area contributed by atoms with Crippen molar-refractivity contribution < 1.29 is 22.4 Å². The molecule has 1 heterocycles. The minimum atomic E-state index is 0. The summed E-state index contributed by atoms with van der Waals surface area (Å²) in [6.07, 6.45) is 0. The van der Waals surface area contributed by atoms with Crippen molar-refractivity contribution in [2.45, 2.75) is 0 Å². The van der Waals surface area contributed by atoms with Crippen LogP contribution < -0.4 is 0 Å². The van der Waals surface area contributed by atoms with Crippen molar-refractivity contribution in [3.8, 4) is 0 Å². The standard InChI is InChI=1S/C7H16N2S.Au/c1-8-2-4-9(5-3-8)6-7-10;/h10H,2-7H2,1H3;/q;+1/p-1. The number of nitrogens with zero attached hydrogens (tertiary/aromatic N) is 2. The molecule has 70 valence electrons. The van der Waals surface area contributed by atoms with E-state index in [2.05, 4.69) is 16.8 Å². The number of hydrogen-bond acceptors (Lipinski definition) is 3. The monoisotopic (exact) mass is 356 g/mol. The quantitative estimate of drug-likeness (QED) is 0.499. The second kappa shape index (κ2) is 6.52. The molecule has 0 saturated carbocycles. The summed E-state index contributed by atoms with van der Waals surface area (Å²) in [4.78, 5) is 4.80. The molecule has 0 N–H and O–H groups in total. The van der Waals surface area contributed by atoms with Gasteiger partial charge in [-0.15, -0.1) is 0 Å². The van der Waals surface area contributed by atoms with Crippen LogP contribution in [0.2, 0.25) is 0 Å². The van der Waals surface area contributed by atoms with E-state index in [1.807, 2.05) is 0 Å². The van der Waals surface area contributed by atoms with Crippen LogP contribution in [-0.2, 0) is 35.0 Å². The van der Waals surface area contributed by atoms with E-state index in [1.165, 1.54) is 26.2 Å². The molecule has 1 rings (SSSR count). The molecule has 0 spiro atoms. The summed E-state index contributed by atoms with van der Waals surface area (Å²) in [5, 5.41) is 0. The van der Waals surface area contributed by atoms with Crippen molar-refractivity contribution in [2.24, 2.45) is 0 Å². The van der Waals surface area contributed by atoms with Crippen molar-refractivity contribution in [2.75, 3.05) is 45.5 Å². The van der Waals surface area contributed by atoms with Crippen LogP contribution >= 0.6 is 0 Å². The van der Waals surface area contributed by atoms with Gasteiger partial charge >= 0.3 is 22.4 Å². The van der Waals surface area contributed by atoms with Gasteiger partial charge in [0.15, 0.2) is 0 Å². The van der Waals surface area contributed by atoms with E-state index in [0.29, 0.717) is 0 Å². The van der Waals surface area contributed by atoms with Gasteiger partial charge in [-0.05, 0) is 13.6 Å². The molecule has 0 aliphatic carbocycles. The van der Waals surface area contributed by atoms with Crippen molar-refractivity contribution in [3.05, 3.63) is 0 Å². The van der Waals surface area contributed by atoms with Crippen LogP contribution in [0.1, 0.15) is 0 Å². The Hall–Kier alpha value is 1.01. The summed E-state index contributed by atoms with van der Waals surface area (Å²) in [6.45, 7) is 5.91. The summed E-state index contributed by atoms with van der Waals surface area (Å²) in [7, 11) is 2.17. The maximum absolute atomic E-state index is 4.91. The number of rotatable bonds is 2. The summed E-state index contributed by atoms with van der Waals surface area (Å²) in [5.74, 6) is 0.879. The van der Waals surface area contributed by atoms with Crippen molar-refractivity contribution in [1.82, 2.24) is 9.80 Å². The van der Waals surface area contributed by atoms with Gasteiger partial charge in [0.2, 0.25) is 0 Å². The Labute approximate surface area is 90.2 Å². The van der Waals surface area contributed by atoms with E-state index >= 15 is 0 Å². The number of likely N-dealkylation sites (N-methyl/N-ethyl adjacent to an activating group) is 1. The molecule has 0 aromatic rings. The van der Waals surface area contributed by atoms with Crippen LogP contribution in [0.25, 0.3) is 0 Å². The second-order valence-corrected chi connectivity index (χ2v) is 3.26. The fraction of sp³-hybridized carbons (Fsp3) is 1.00. The van der Waals surface area contributed by atoms with Crippen molar-refractivity contribution >= 4 is 12.6 Å². The van der Waals surface area contributed by atoms with E-state index < -0.39 is 0 Å². The predicted molar refractivity (Wildman–Crippen MR) is 46.2 cm³/mol. The molecule has 0 aromatic heterocycles. The average Bonchev–Trinajstić information content (AvgIpc) is 1.95. The van der Waals surface area contributed by atoms with Crippen molar-refractivity contribution in [3.63, 3.8) is 0 Å².